The summed E-state index contributed by atoms with van der Waals surface area (Å²) >= 11 is 0. The Morgan fingerprint density at radius 2 is 2.41 bits per heavy atom. The number of nitrogens with zero attached hydrogens (tertiary/aromatic N) is 3. The first kappa shape index (κ1) is 11.5. The number of amides is 2. The average molecular weight is 238 g/mol. The Morgan fingerprint density at radius 1 is 1.59 bits per heavy atom. The van der Waals surface area contributed by atoms with Gasteiger partial charge in [-0.05, 0) is 0 Å². The lowest BCUT2D eigenvalue weighted by atomic mass is 10.1. The molecule has 2 heterocycles. The standard InChI is InChI=1S/C9H14N6O2/c1-10-8(16)7-5-11-2-3-15(7)9(17)6-4-12-14-13-6/h4,7,11H,2-3,5H2,1H3,(H,10,16)(H,12,13,14). The second-order valence-corrected chi connectivity index (χ2v) is 3.69. The van der Waals surface area contributed by atoms with Crippen LogP contribution in [0.3, 0.4) is 0 Å². The summed E-state index contributed by atoms with van der Waals surface area (Å²) in [4.78, 5) is 25.3. The molecule has 0 saturated carbocycles. The van der Waals surface area contributed by atoms with Crippen molar-refractivity contribution in [2.75, 3.05) is 26.7 Å². The minimum atomic E-state index is -0.502. The maximum atomic E-state index is 12.1. The van der Waals surface area contributed by atoms with Gasteiger partial charge in [-0.1, -0.05) is 0 Å². The Kier molecular flexibility index (Phi) is 3.33. The van der Waals surface area contributed by atoms with Gasteiger partial charge in [-0.3, -0.25) is 9.59 Å². The molecule has 1 unspecified atom stereocenters. The molecule has 1 atom stereocenters. The summed E-state index contributed by atoms with van der Waals surface area (Å²) in [6.07, 6.45) is 1.35. The third-order valence-electron chi connectivity index (χ3n) is 2.69. The molecule has 8 heteroatoms. The quantitative estimate of drug-likeness (QED) is 0.551. The van der Waals surface area contributed by atoms with Crippen LogP contribution in [0.4, 0.5) is 0 Å². The van der Waals surface area contributed by atoms with Crippen molar-refractivity contribution in [2.24, 2.45) is 0 Å². The van der Waals surface area contributed by atoms with Crippen LogP contribution in [0.5, 0.6) is 0 Å². The van der Waals surface area contributed by atoms with E-state index in [-0.39, 0.29) is 17.5 Å². The van der Waals surface area contributed by atoms with E-state index < -0.39 is 6.04 Å². The Labute approximate surface area is 97.7 Å². The molecule has 0 radical (unpaired) electrons. The molecule has 3 N–H and O–H groups in total. The number of nitrogens with one attached hydrogen (secondary N) is 3. The number of piperazine rings is 1. The van der Waals surface area contributed by atoms with Crippen LogP contribution in [0, 0.1) is 0 Å². The summed E-state index contributed by atoms with van der Waals surface area (Å²) in [5.74, 6) is -0.470. The molecule has 1 aromatic heterocycles. The maximum Gasteiger partial charge on any atom is 0.276 e. The minimum Gasteiger partial charge on any atom is -0.357 e. The summed E-state index contributed by atoms with van der Waals surface area (Å²) in [7, 11) is 1.55. The molecule has 2 rings (SSSR count). The second-order valence-electron chi connectivity index (χ2n) is 3.69. The van der Waals surface area contributed by atoms with E-state index >= 15 is 0 Å². The third-order valence-corrected chi connectivity index (χ3v) is 2.69. The Bertz CT molecular complexity index is 404. The lowest BCUT2D eigenvalue weighted by molar-refractivity contribution is -0.125. The van der Waals surface area contributed by atoms with E-state index in [1.807, 2.05) is 0 Å². The summed E-state index contributed by atoms with van der Waals surface area (Å²) in [5.41, 5.74) is 0.223. The Morgan fingerprint density at radius 3 is 3.06 bits per heavy atom. The number of aromatic nitrogens is 3. The van der Waals surface area contributed by atoms with E-state index in [0.29, 0.717) is 19.6 Å². The van der Waals surface area contributed by atoms with Crippen LogP contribution in [0.25, 0.3) is 0 Å². The molecule has 1 aliphatic heterocycles. The zero-order valence-electron chi connectivity index (χ0n) is 9.43. The van der Waals surface area contributed by atoms with Gasteiger partial charge in [-0.15, -0.1) is 0 Å². The molecule has 17 heavy (non-hydrogen) atoms. The van der Waals surface area contributed by atoms with E-state index in [2.05, 4.69) is 26.0 Å². The highest BCUT2D eigenvalue weighted by molar-refractivity contribution is 5.96. The lowest BCUT2D eigenvalue weighted by Crippen LogP contribution is -2.59. The summed E-state index contributed by atoms with van der Waals surface area (Å²) in [6.45, 7) is 1.59. The highest BCUT2D eigenvalue weighted by Gasteiger charge is 2.32. The van der Waals surface area contributed by atoms with Gasteiger partial charge in [0.2, 0.25) is 5.91 Å². The van der Waals surface area contributed by atoms with Crippen LogP contribution in [0.15, 0.2) is 6.20 Å². The van der Waals surface area contributed by atoms with Crippen LogP contribution in [-0.2, 0) is 4.79 Å². The number of carbonyl (C=O) groups excluding carboxylic acids is 2. The van der Waals surface area contributed by atoms with E-state index in [4.69, 9.17) is 0 Å². The van der Waals surface area contributed by atoms with E-state index in [9.17, 15) is 9.59 Å². The molecule has 1 saturated heterocycles. The predicted molar refractivity (Wildman–Crippen MR) is 58.1 cm³/mol. The highest BCUT2D eigenvalue weighted by atomic mass is 16.2. The molecular formula is C9H14N6O2. The Balaban J connectivity index is 2.16. The summed E-state index contributed by atoms with van der Waals surface area (Å²) < 4.78 is 0. The summed E-state index contributed by atoms with van der Waals surface area (Å²) in [6, 6.07) is -0.502. The number of carbonyl (C=O) groups is 2. The number of hydrogen-bond acceptors (Lipinski definition) is 5. The van der Waals surface area contributed by atoms with Gasteiger partial charge in [-0.2, -0.15) is 15.4 Å². The fraction of sp³-hybridized carbons (Fsp3) is 0.556. The third kappa shape index (κ3) is 2.26. The van der Waals surface area contributed by atoms with Crippen LogP contribution >= 0.6 is 0 Å². The highest BCUT2D eigenvalue weighted by Crippen LogP contribution is 2.08. The Hall–Kier alpha value is -1.96. The second kappa shape index (κ2) is 4.91. The zero-order valence-corrected chi connectivity index (χ0v) is 9.43. The number of rotatable bonds is 2. The fourth-order valence-electron chi connectivity index (χ4n) is 1.80. The molecule has 92 valence electrons. The average Bonchev–Trinajstić information content (AvgIpc) is 2.91. The number of aromatic amines is 1. The van der Waals surface area contributed by atoms with Crippen molar-refractivity contribution in [1.29, 1.82) is 0 Å². The van der Waals surface area contributed by atoms with Gasteiger partial charge in [0, 0.05) is 26.7 Å². The normalized spacial score (nSPS) is 20.1. The molecule has 0 aromatic carbocycles. The molecule has 1 fully saturated rings. The molecule has 0 bridgehead atoms. The van der Waals surface area contributed by atoms with Crippen molar-refractivity contribution in [3.8, 4) is 0 Å². The van der Waals surface area contributed by atoms with E-state index in [0.717, 1.165) is 0 Å². The molecule has 1 aliphatic rings. The molecule has 2 amide bonds. The maximum absolute atomic E-state index is 12.1. The topological polar surface area (TPSA) is 103 Å². The SMILES string of the molecule is CNC(=O)C1CNCCN1C(=O)c1cn[nH]n1. The van der Waals surface area contributed by atoms with Gasteiger partial charge < -0.3 is 15.5 Å². The van der Waals surface area contributed by atoms with Crippen molar-refractivity contribution in [1.82, 2.24) is 30.9 Å². The van der Waals surface area contributed by atoms with Crippen molar-refractivity contribution in [2.45, 2.75) is 6.04 Å². The van der Waals surface area contributed by atoms with E-state index in [1.165, 1.54) is 11.1 Å². The number of likely N-dealkylation sites (N-methyl/N-ethyl adjacent to an activating group) is 1. The minimum absolute atomic E-state index is 0.186. The molecular weight excluding hydrogens is 224 g/mol. The van der Waals surface area contributed by atoms with Crippen molar-refractivity contribution < 1.29 is 9.59 Å². The zero-order chi connectivity index (χ0) is 12.3. The molecule has 0 spiro atoms. The van der Waals surface area contributed by atoms with Gasteiger partial charge in [0.05, 0.1) is 6.20 Å². The molecule has 1 aromatic rings. The van der Waals surface area contributed by atoms with Crippen LogP contribution in [0.1, 0.15) is 10.5 Å². The largest absolute Gasteiger partial charge is 0.357 e. The van der Waals surface area contributed by atoms with E-state index in [1.54, 1.807) is 7.05 Å². The summed E-state index contributed by atoms with van der Waals surface area (Å²) in [5, 5.41) is 15.3. The van der Waals surface area contributed by atoms with Gasteiger partial charge in [-0.25, -0.2) is 0 Å². The van der Waals surface area contributed by atoms with Gasteiger partial charge >= 0.3 is 0 Å². The van der Waals surface area contributed by atoms with Crippen molar-refractivity contribution in [3.05, 3.63) is 11.9 Å². The van der Waals surface area contributed by atoms with Crippen molar-refractivity contribution >= 4 is 11.8 Å². The van der Waals surface area contributed by atoms with Crippen LogP contribution in [0.2, 0.25) is 0 Å². The first-order valence-corrected chi connectivity index (χ1v) is 5.33. The van der Waals surface area contributed by atoms with Crippen molar-refractivity contribution in [3.63, 3.8) is 0 Å². The van der Waals surface area contributed by atoms with Gasteiger partial charge in [0.25, 0.3) is 5.91 Å². The molecule has 0 aliphatic carbocycles. The smallest absolute Gasteiger partial charge is 0.276 e. The van der Waals surface area contributed by atoms with Crippen LogP contribution < -0.4 is 10.6 Å². The number of H-pyrrole nitrogens is 1. The van der Waals surface area contributed by atoms with Crippen LogP contribution in [-0.4, -0.2) is 64.8 Å². The van der Waals surface area contributed by atoms with Gasteiger partial charge in [0.1, 0.15) is 6.04 Å². The predicted octanol–water partition coefficient (Wildman–Crippen LogP) is -2.04. The fourth-order valence-corrected chi connectivity index (χ4v) is 1.80. The lowest BCUT2D eigenvalue weighted by Gasteiger charge is -2.34. The number of hydrogen-bond donors (Lipinski definition) is 3. The monoisotopic (exact) mass is 238 g/mol. The molecule has 8 nitrogen and oxygen atoms in total. The van der Waals surface area contributed by atoms with Gasteiger partial charge in [0.15, 0.2) is 5.69 Å². The first-order chi connectivity index (χ1) is 8.24. The first-order valence-electron chi connectivity index (χ1n) is 5.33.